The molecule has 9 heteroatoms. The number of fused-ring (bicyclic) bond motifs is 1. The minimum Gasteiger partial charge on any atom is -0.489 e. The highest BCUT2D eigenvalue weighted by Gasteiger charge is 2.33. The molecule has 1 aliphatic heterocycles. The number of anilines is 1. The van der Waals surface area contributed by atoms with Gasteiger partial charge in [0.05, 0.1) is 10.6 Å². The number of aryl methyl sites for hydroxylation is 1. The van der Waals surface area contributed by atoms with Crippen molar-refractivity contribution in [2.75, 3.05) is 10.8 Å². The molecule has 6 nitrogen and oxygen atoms in total. The third-order valence-corrected chi connectivity index (χ3v) is 7.48. The minimum absolute atomic E-state index is 0.0403. The molecule has 3 aromatic rings. The van der Waals surface area contributed by atoms with Gasteiger partial charge in [-0.2, -0.15) is 0 Å². The first-order chi connectivity index (χ1) is 15.8. The second kappa shape index (κ2) is 9.41. The summed E-state index contributed by atoms with van der Waals surface area (Å²) in [6.07, 6.45) is 0.490. The number of carbonyl (C=O) groups is 1. The summed E-state index contributed by atoms with van der Waals surface area (Å²) in [5, 5.41) is 9.11. The van der Waals surface area contributed by atoms with E-state index in [0.29, 0.717) is 34.8 Å². The number of nitrogens with zero attached hydrogens (tertiary/aromatic N) is 1. The largest absolute Gasteiger partial charge is 0.489 e. The number of para-hydroxylation sites is 1. The number of carboxylic acid groups (broad SMARTS) is 1. The van der Waals surface area contributed by atoms with Gasteiger partial charge in [-0.3, -0.25) is 9.10 Å². The summed E-state index contributed by atoms with van der Waals surface area (Å²) in [6.45, 7) is 0.340. The van der Waals surface area contributed by atoms with Crippen molar-refractivity contribution in [2.24, 2.45) is 0 Å². The molecule has 0 bridgehead atoms. The van der Waals surface area contributed by atoms with Crippen LogP contribution < -0.4 is 9.04 Å². The van der Waals surface area contributed by atoms with Gasteiger partial charge in [0.1, 0.15) is 18.2 Å². The van der Waals surface area contributed by atoms with Crippen LogP contribution >= 0.6 is 11.6 Å². The number of carboxylic acids is 1. The monoisotopic (exact) mass is 489 g/mol. The molecule has 0 fully saturated rings. The molecule has 4 rings (SSSR count). The number of hydrogen-bond acceptors (Lipinski definition) is 4. The molecule has 0 radical (unpaired) electrons. The highest BCUT2D eigenvalue weighted by molar-refractivity contribution is 7.92. The summed E-state index contributed by atoms with van der Waals surface area (Å²) in [7, 11) is -3.82. The van der Waals surface area contributed by atoms with E-state index in [1.165, 1.54) is 28.6 Å². The van der Waals surface area contributed by atoms with E-state index < -0.39 is 21.8 Å². The van der Waals surface area contributed by atoms with Gasteiger partial charge >= 0.3 is 5.97 Å². The van der Waals surface area contributed by atoms with Gasteiger partial charge < -0.3 is 9.84 Å². The van der Waals surface area contributed by atoms with Gasteiger partial charge in [-0.1, -0.05) is 41.9 Å². The maximum Gasteiger partial charge on any atom is 0.303 e. The average molecular weight is 490 g/mol. The Balaban J connectivity index is 1.56. The molecular weight excluding hydrogens is 469 g/mol. The minimum atomic E-state index is -3.82. The molecule has 1 heterocycles. The smallest absolute Gasteiger partial charge is 0.303 e. The molecule has 0 saturated heterocycles. The SMILES string of the molecule is O=C(O)CCc1ccc(OCc2cccc3c2N(S(=O)(=O)c2cccc(Cl)c2)CC3)cc1F. The van der Waals surface area contributed by atoms with Crippen LogP contribution in [0.1, 0.15) is 23.1 Å². The van der Waals surface area contributed by atoms with Gasteiger partial charge in [0.15, 0.2) is 0 Å². The fraction of sp³-hybridized carbons (Fsp3) is 0.208. The first-order valence-electron chi connectivity index (χ1n) is 10.3. The summed E-state index contributed by atoms with van der Waals surface area (Å²) in [5.41, 5.74) is 2.41. The Morgan fingerprint density at radius 1 is 1.09 bits per heavy atom. The Kier molecular flexibility index (Phi) is 6.58. The van der Waals surface area contributed by atoms with Gasteiger partial charge in [0, 0.05) is 29.6 Å². The Bertz CT molecular complexity index is 1310. The van der Waals surface area contributed by atoms with Crippen molar-refractivity contribution in [2.45, 2.75) is 30.8 Å². The number of ether oxygens (including phenoxy) is 1. The van der Waals surface area contributed by atoms with Crippen LogP contribution in [0.5, 0.6) is 5.75 Å². The lowest BCUT2D eigenvalue weighted by Crippen LogP contribution is -2.30. The van der Waals surface area contributed by atoms with Crippen LogP contribution in [0.3, 0.4) is 0 Å². The summed E-state index contributed by atoms with van der Waals surface area (Å²) < 4.78 is 48.0. The van der Waals surface area contributed by atoms with Crippen molar-refractivity contribution in [3.8, 4) is 5.75 Å². The predicted molar refractivity (Wildman–Crippen MR) is 123 cm³/mol. The lowest BCUT2D eigenvalue weighted by Gasteiger charge is -2.22. The van der Waals surface area contributed by atoms with Crippen molar-refractivity contribution in [1.29, 1.82) is 0 Å². The first-order valence-corrected chi connectivity index (χ1v) is 12.1. The Labute approximate surface area is 196 Å². The number of rotatable bonds is 8. The Morgan fingerprint density at radius 2 is 1.88 bits per heavy atom. The zero-order valence-corrected chi connectivity index (χ0v) is 19.1. The van der Waals surface area contributed by atoms with Crippen LogP contribution in [0, 0.1) is 5.82 Å². The van der Waals surface area contributed by atoms with Crippen molar-refractivity contribution in [3.63, 3.8) is 0 Å². The van der Waals surface area contributed by atoms with Crippen molar-refractivity contribution >= 4 is 33.3 Å². The van der Waals surface area contributed by atoms with Crippen LogP contribution in [0.15, 0.2) is 65.6 Å². The fourth-order valence-corrected chi connectivity index (χ4v) is 5.68. The van der Waals surface area contributed by atoms with Crippen molar-refractivity contribution < 1.29 is 27.4 Å². The molecule has 3 aromatic carbocycles. The normalized spacial score (nSPS) is 13.1. The van der Waals surface area contributed by atoms with Crippen LogP contribution in [-0.2, 0) is 34.3 Å². The third-order valence-electron chi connectivity index (χ3n) is 5.45. The molecule has 1 aliphatic rings. The van der Waals surface area contributed by atoms with Crippen LogP contribution in [0.25, 0.3) is 0 Å². The van der Waals surface area contributed by atoms with E-state index in [-0.39, 0.29) is 30.1 Å². The summed E-state index contributed by atoms with van der Waals surface area (Å²) in [6, 6.07) is 15.9. The molecule has 0 atom stereocenters. The highest BCUT2D eigenvalue weighted by Crippen LogP contribution is 2.37. The first kappa shape index (κ1) is 23.1. The molecule has 0 unspecified atom stereocenters. The van der Waals surface area contributed by atoms with Crippen molar-refractivity contribution in [3.05, 3.63) is 88.2 Å². The molecule has 0 aromatic heterocycles. The van der Waals surface area contributed by atoms with E-state index in [2.05, 4.69) is 0 Å². The molecule has 0 amide bonds. The number of hydrogen-bond donors (Lipinski definition) is 1. The van der Waals surface area contributed by atoms with E-state index in [9.17, 15) is 17.6 Å². The van der Waals surface area contributed by atoms with Gasteiger partial charge in [0.2, 0.25) is 0 Å². The Morgan fingerprint density at radius 3 is 2.61 bits per heavy atom. The van der Waals surface area contributed by atoms with E-state index >= 15 is 0 Å². The topological polar surface area (TPSA) is 83.9 Å². The quantitative estimate of drug-likeness (QED) is 0.490. The van der Waals surface area contributed by atoms with Crippen molar-refractivity contribution in [1.82, 2.24) is 0 Å². The summed E-state index contributed by atoms with van der Waals surface area (Å²) >= 11 is 6.00. The van der Waals surface area contributed by atoms with Gasteiger partial charge in [-0.05, 0) is 48.2 Å². The molecule has 0 aliphatic carbocycles. The number of halogens is 2. The maximum absolute atomic E-state index is 14.3. The van der Waals surface area contributed by atoms with E-state index in [1.54, 1.807) is 24.3 Å². The summed E-state index contributed by atoms with van der Waals surface area (Å²) in [5.74, 6) is -1.27. The fourth-order valence-electron chi connectivity index (χ4n) is 3.84. The molecule has 0 saturated carbocycles. The molecule has 33 heavy (non-hydrogen) atoms. The number of benzene rings is 3. The predicted octanol–water partition coefficient (Wildman–Crippen LogP) is 4.83. The van der Waals surface area contributed by atoms with E-state index in [1.807, 2.05) is 12.1 Å². The van der Waals surface area contributed by atoms with Gasteiger partial charge in [-0.15, -0.1) is 0 Å². The number of sulfonamides is 1. The van der Waals surface area contributed by atoms with E-state index in [0.717, 1.165) is 5.56 Å². The summed E-state index contributed by atoms with van der Waals surface area (Å²) in [4.78, 5) is 10.8. The van der Waals surface area contributed by atoms with E-state index in [4.69, 9.17) is 21.4 Å². The van der Waals surface area contributed by atoms with Gasteiger partial charge in [0.25, 0.3) is 10.0 Å². The van der Waals surface area contributed by atoms with Crippen LogP contribution in [0.4, 0.5) is 10.1 Å². The Hall–Kier alpha value is -3.10. The second-order valence-corrected chi connectivity index (χ2v) is 9.94. The molecule has 1 N–H and O–H groups in total. The van der Waals surface area contributed by atoms with Crippen LogP contribution in [0.2, 0.25) is 5.02 Å². The zero-order chi connectivity index (χ0) is 23.6. The second-order valence-electron chi connectivity index (χ2n) is 7.65. The average Bonchev–Trinajstić information content (AvgIpc) is 3.22. The van der Waals surface area contributed by atoms with Crippen LogP contribution in [-0.4, -0.2) is 26.0 Å². The number of aliphatic carboxylic acids is 1. The lowest BCUT2D eigenvalue weighted by atomic mass is 10.1. The highest BCUT2D eigenvalue weighted by atomic mass is 35.5. The molecular formula is C24H21ClFNO5S. The van der Waals surface area contributed by atoms with Gasteiger partial charge in [-0.25, -0.2) is 12.8 Å². The maximum atomic E-state index is 14.3. The zero-order valence-electron chi connectivity index (χ0n) is 17.5. The standard InChI is InChI=1S/C24H21ClFNO5S/c25-19-5-2-6-21(13-19)33(30,31)27-12-11-17-3-1-4-18(24(17)27)15-32-20-9-7-16(22(26)14-20)8-10-23(28)29/h1-7,9,13-14H,8,10-12,15H2,(H,28,29). The lowest BCUT2D eigenvalue weighted by molar-refractivity contribution is -0.136. The molecule has 172 valence electrons. The molecule has 0 spiro atoms. The third kappa shape index (κ3) is 4.96.